The Kier molecular flexibility index (Phi) is 9.24. The molecular weight excluding hydrogens is 372 g/mol. The minimum Gasteiger partial charge on any atom is -0.385 e. The molecule has 2 aliphatic heterocycles. The molecule has 1 atom stereocenters. The molecule has 0 spiro atoms. The van der Waals surface area contributed by atoms with Crippen LogP contribution in [0.25, 0.3) is 0 Å². The lowest BCUT2D eigenvalue weighted by atomic mass is 10.1. The van der Waals surface area contributed by atoms with Crippen molar-refractivity contribution in [1.82, 2.24) is 19.4 Å². The third kappa shape index (κ3) is 7.53. The van der Waals surface area contributed by atoms with Crippen LogP contribution in [0.5, 0.6) is 0 Å². The lowest BCUT2D eigenvalue weighted by Crippen LogP contribution is -2.55. The maximum absolute atomic E-state index is 12.4. The van der Waals surface area contributed by atoms with E-state index in [1.165, 1.54) is 6.26 Å². The van der Waals surface area contributed by atoms with Crippen LogP contribution in [0.1, 0.15) is 19.3 Å². The third-order valence-corrected chi connectivity index (χ3v) is 6.39. The molecule has 10 heteroatoms. The number of piperidine rings is 1. The number of nitrogens with one attached hydrogen (secondary N) is 1. The number of amides is 2. The van der Waals surface area contributed by atoms with E-state index in [-0.39, 0.29) is 12.1 Å². The van der Waals surface area contributed by atoms with Crippen LogP contribution in [0, 0.1) is 0 Å². The van der Waals surface area contributed by atoms with Gasteiger partial charge in [0.05, 0.1) is 19.5 Å². The highest BCUT2D eigenvalue weighted by Gasteiger charge is 2.32. The minimum atomic E-state index is -3.34. The number of carbonyl (C=O) groups is 1. The molecule has 27 heavy (non-hydrogen) atoms. The summed E-state index contributed by atoms with van der Waals surface area (Å²) in [6.45, 7) is 6.45. The molecule has 2 fully saturated rings. The van der Waals surface area contributed by atoms with Gasteiger partial charge < -0.3 is 19.7 Å². The molecule has 0 radical (unpaired) electrons. The average molecular weight is 407 g/mol. The summed E-state index contributed by atoms with van der Waals surface area (Å²) in [5.74, 6) is 0. The summed E-state index contributed by atoms with van der Waals surface area (Å²) in [6.07, 6.45) is 3.61. The van der Waals surface area contributed by atoms with Crippen LogP contribution < -0.4 is 5.32 Å². The van der Waals surface area contributed by atoms with Gasteiger partial charge in [-0.15, -0.1) is 0 Å². The summed E-state index contributed by atoms with van der Waals surface area (Å²) in [6, 6.07) is -0.294. The lowest BCUT2D eigenvalue weighted by molar-refractivity contribution is 0.0342. The Hall–Kier alpha value is -0.940. The molecule has 158 valence electrons. The first-order valence-corrected chi connectivity index (χ1v) is 11.6. The number of urea groups is 1. The highest BCUT2D eigenvalue weighted by Crippen LogP contribution is 2.19. The molecule has 0 saturated carbocycles. The maximum Gasteiger partial charge on any atom is 0.317 e. The number of carbonyl (C=O) groups excluding carboxylic acids is 1. The molecule has 1 unspecified atom stereocenters. The fraction of sp³-hybridized carbons (Fsp3) is 0.941. The van der Waals surface area contributed by atoms with Crippen LogP contribution in [0.2, 0.25) is 0 Å². The van der Waals surface area contributed by atoms with Gasteiger partial charge in [0.2, 0.25) is 10.0 Å². The fourth-order valence-corrected chi connectivity index (χ4v) is 4.71. The van der Waals surface area contributed by atoms with Crippen molar-refractivity contribution in [3.05, 3.63) is 0 Å². The number of morpholine rings is 1. The summed E-state index contributed by atoms with van der Waals surface area (Å²) in [5, 5.41) is 2.89. The number of sulfonamides is 1. The molecule has 0 aromatic carbocycles. The number of hydrogen-bond donors (Lipinski definition) is 1. The highest BCUT2D eigenvalue weighted by atomic mass is 32.2. The Morgan fingerprint density at radius 2 is 2.04 bits per heavy atom. The third-order valence-electron chi connectivity index (χ3n) is 5.06. The van der Waals surface area contributed by atoms with E-state index in [4.69, 9.17) is 9.47 Å². The zero-order chi connectivity index (χ0) is 19.7. The van der Waals surface area contributed by atoms with Crippen LogP contribution in [0.3, 0.4) is 0 Å². The van der Waals surface area contributed by atoms with E-state index in [0.717, 1.165) is 32.4 Å². The van der Waals surface area contributed by atoms with Crippen LogP contribution in [-0.2, 0) is 19.5 Å². The van der Waals surface area contributed by atoms with E-state index in [1.54, 1.807) is 16.3 Å². The largest absolute Gasteiger partial charge is 0.385 e. The van der Waals surface area contributed by atoms with Crippen LogP contribution in [0.4, 0.5) is 4.79 Å². The molecule has 2 amide bonds. The Labute approximate surface area is 163 Å². The van der Waals surface area contributed by atoms with E-state index < -0.39 is 10.0 Å². The predicted octanol–water partition coefficient (Wildman–Crippen LogP) is -0.209. The van der Waals surface area contributed by atoms with Gasteiger partial charge in [-0.2, -0.15) is 4.31 Å². The van der Waals surface area contributed by atoms with Crippen LogP contribution in [0.15, 0.2) is 0 Å². The number of likely N-dealkylation sites (tertiary alicyclic amines) is 1. The Balaban J connectivity index is 1.89. The summed E-state index contributed by atoms with van der Waals surface area (Å²) in [4.78, 5) is 16.3. The minimum absolute atomic E-state index is 0.127. The summed E-state index contributed by atoms with van der Waals surface area (Å²) < 4.78 is 36.7. The second-order valence-electron chi connectivity index (χ2n) is 7.15. The van der Waals surface area contributed by atoms with Gasteiger partial charge >= 0.3 is 6.03 Å². The normalized spacial score (nSPS) is 22.2. The van der Waals surface area contributed by atoms with Crippen molar-refractivity contribution in [2.45, 2.75) is 25.3 Å². The standard InChI is InChI=1S/C17H34N4O5S/c1-25-12-4-6-18-17(22)20-7-3-5-16(15-20)21(27(2,23)24)9-8-19-10-13-26-14-11-19/h16H,3-15H2,1-2H3,(H,18,22). The van der Waals surface area contributed by atoms with E-state index in [1.807, 2.05) is 0 Å². The van der Waals surface area contributed by atoms with Crippen molar-refractivity contribution in [2.75, 3.05) is 79.0 Å². The van der Waals surface area contributed by atoms with Crippen molar-refractivity contribution >= 4 is 16.1 Å². The molecule has 2 aliphatic rings. The molecule has 1 N–H and O–H groups in total. The number of ether oxygens (including phenoxy) is 2. The number of rotatable bonds is 9. The van der Waals surface area contributed by atoms with Crippen LogP contribution in [-0.4, -0.2) is 114 Å². The molecule has 2 rings (SSSR count). The fourth-order valence-electron chi connectivity index (χ4n) is 3.58. The zero-order valence-corrected chi connectivity index (χ0v) is 17.4. The average Bonchev–Trinajstić information content (AvgIpc) is 2.65. The van der Waals surface area contributed by atoms with E-state index in [0.29, 0.717) is 52.5 Å². The smallest absolute Gasteiger partial charge is 0.317 e. The summed E-state index contributed by atoms with van der Waals surface area (Å²) in [7, 11) is -1.71. The van der Waals surface area contributed by atoms with Gasteiger partial charge in [-0.3, -0.25) is 4.90 Å². The molecule has 0 aromatic heterocycles. The van der Waals surface area contributed by atoms with Gasteiger partial charge in [0, 0.05) is 65.6 Å². The number of hydrogen-bond acceptors (Lipinski definition) is 6. The summed E-state index contributed by atoms with van der Waals surface area (Å²) in [5.41, 5.74) is 0. The monoisotopic (exact) mass is 406 g/mol. The van der Waals surface area contributed by atoms with Gasteiger partial charge in [0.15, 0.2) is 0 Å². The molecule has 0 aromatic rings. The SMILES string of the molecule is COCCCNC(=O)N1CCCC(N(CCN2CCOCC2)S(C)(=O)=O)C1. The van der Waals surface area contributed by atoms with E-state index in [2.05, 4.69) is 10.2 Å². The van der Waals surface area contributed by atoms with Gasteiger partial charge in [0.1, 0.15) is 0 Å². The Bertz CT molecular complexity index is 554. The predicted molar refractivity (Wildman–Crippen MR) is 103 cm³/mol. The molecule has 0 bridgehead atoms. The first-order chi connectivity index (χ1) is 12.9. The second-order valence-corrected chi connectivity index (χ2v) is 9.08. The van der Waals surface area contributed by atoms with E-state index >= 15 is 0 Å². The van der Waals surface area contributed by atoms with Gasteiger partial charge in [-0.1, -0.05) is 0 Å². The van der Waals surface area contributed by atoms with Crippen molar-refractivity contribution in [3.63, 3.8) is 0 Å². The van der Waals surface area contributed by atoms with E-state index in [9.17, 15) is 13.2 Å². The number of methoxy groups -OCH3 is 1. The molecule has 0 aliphatic carbocycles. The van der Waals surface area contributed by atoms with Crippen molar-refractivity contribution in [1.29, 1.82) is 0 Å². The quantitative estimate of drug-likeness (QED) is 0.533. The van der Waals surface area contributed by atoms with Gasteiger partial charge in [0.25, 0.3) is 0 Å². The first-order valence-electron chi connectivity index (χ1n) is 9.70. The van der Waals surface area contributed by atoms with Crippen molar-refractivity contribution < 1.29 is 22.7 Å². The highest BCUT2D eigenvalue weighted by molar-refractivity contribution is 7.88. The molecule has 2 heterocycles. The topological polar surface area (TPSA) is 91.4 Å². The molecule has 2 saturated heterocycles. The Morgan fingerprint density at radius 1 is 1.30 bits per heavy atom. The Morgan fingerprint density at radius 3 is 2.70 bits per heavy atom. The molecule has 9 nitrogen and oxygen atoms in total. The van der Waals surface area contributed by atoms with Gasteiger partial charge in [-0.25, -0.2) is 13.2 Å². The maximum atomic E-state index is 12.4. The number of nitrogens with zero attached hydrogens (tertiary/aromatic N) is 3. The van der Waals surface area contributed by atoms with Crippen molar-refractivity contribution in [2.24, 2.45) is 0 Å². The lowest BCUT2D eigenvalue weighted by Gasteiger charge is -2.39. The molecular formula is C17H34N4O5S. The van der Waals surface area contributed by atoms with Crippen LogP contribution >= 0.6 is 0 Å². The zero-order valence-electron chi connectivity index (χ0n) is 16.6. The summed E-state index contributed by atoms with van der Waals surface area (Å²) >= 11 is 0. The van der Waals surface area contributed by atoms with Crippen molar-refractivity contribution in [3.8, 4) is 0 Å². The van der Waals surface area contributed by atoms with Gasteiger partial charge in [-0.05, 0) is 19.3 Å². The first kappa shape index (κ1) is 22.4. The second kappa shape index (κ2) is 11.2.